The summed E-state index contributed by atoms with van der Waals surface area (Å²) in [6.45, 7) is 2.44. The molecule has 0 saturated heterocycles. The molecule has 27 heavy (non-hydrogen) atoms. The van der Waals surface area contributed by atoms with Gasteiger partial charge in [0.1, 0.15) is 0 Å². The Morgan fingerprint density at radius 3 is 2.63 bits per heavy atom. The van der Waals surface area contributed by atoms with Crippen molar-refractivity contribution < 1.29 is 17.9 Å². The van der Waals surface area contributed by atoms with E-state index in [1.807, 2.05) is 6.92 Å². The molecule has 0 unspecified atom stereocenters. The van der Waals surface area contributed by atoms with Gasteiger partial charge >= 0.3 is 0 Å². The second-order valence-electron chi connectivity index (χ2n) is 5.81. The molecular weight excluding hydrogens is 434 g/mol. The highest BCUT2D eigenvalue weighted by atomic mass is 79.9. The fourth-order valence-corrected chi connectivity index (χ4v) is 3.60. The second-order valence-corrected chi connectivity index (χ2v) is 8.77. The van der Waals surface area contributed by atoms with Crippen molar-refractivity contribution in [3.8, 4) is 5.88 Å². The van der Waals surface area contributed by atoms with E-state index in [9.17, 15) is 13.2 Å². The third-order valence-corrected chi connectivity index (χ3v) is 6.00. The van der Waals surface area contributed by atoms with Crippen LogP contribution < -0.4 is 10.1 Å². The Hall–Kier alpha value is -1.97. The van der Waals surface area contributed by atoms with Crippen LogP contribution in [0.4, 0.5) is 0 Å². The number of rotatable bonds is 9. The van der Waals surface area contributed by atoms with Crippen LogP contribution in [0.25, 0.3) is 0 Å². The van der Waals surface area contributed by atoms with Gasteiger partial charge in [0.2, 0.25) is 21.8 Å². The number of benzene rings is 1. The highest BCUT2D eigenvalue weighted by molar-refractivity contribution is 9.10. The fraction of sp³-hybridized carbons (Fsp3) is 0.333. The molecule has 0 aliphatic rings. The number of nitrogens with zero attached hydrogens (tertiary/aromatic N) is 2. The summed E-state index contributed by atoms with van der Waals surface area (Å²) in [6.07, 6.45) is 2.47. The van der Waals surface area contributed by atoms with Crippen LogP contribution in [0.3, 0.4) is 0 Å². The number of ether oxygens (including phenoxy) is 1. The van der Waals surface area contributed by atoms with E-state index in [4.69, 9.17) is 4.74 Å². The lowest BCUT2D eigenvalue weighted by Gasteiger charge is -2.17. The minimum absolute atomic E-state index is 0.128. The lowest BCUT2D eigenvalue weighted by molar-refractivity contribution is -0.121. The Labute approximate surface area is 167 Å². The number of hydrogen-bond acceptors (Lipinski definition) is 5. The van der Waals surface area contributed by atoms with Crippen LogP contribution in [0.2, 0.25) is 0 Å². The van der Waals surface area contributed by atoms with E-state index in [2.05, 4.69) is 26.2 Å². The monoisotopic (exact) mass is 455 g/mol. The molecule has 0 radical (unpaired) electrons. The van der Waals surface area contributed by atoms with Crippen molar-refractivity contribution >= 4 is 31.9 Å². The van der Waals surface area contributed by atoms with Crippen molar-refractivity contribution in [2.75, 3.05) is 20.2 Å². The summed E-state index contributed by atoms with van der Waals surface area (Å²) in [5, 5.41) is 2.71. The van der Waals surface area contributed by atoms with Crippen molar-refractivity contribution in [1.82, 2.24) is 14.6 Å². The van der Waals surface area contributed by atoms with Gasteiger partial charge in [-0.3, -0.25) is 4.79 Å². The van der Waals surface area contributed by atoms with Gasteiger partial charge in [-0.05, 0) is 36.8 Å². The summed E-state index contributed by atoms with van der Waals surface area (Å²) in [4.78, 5) is 16.5. The molecule has 146 valence electrons. The third kappa shape index (κ3) is 6.02. The van der Waals surface area contributed by atoms with E-state index in [1.165, 1.54) is 19.2 Å². The lowest BCUT2D eigenvalue weighted by atomic mass is 10.2. The van der Waals surface area contributed by atoms with Crippen LogP contribution in [0, 0.1) is 0 Å². The van der Waals surface area contributed by atoms with Crippen LogP contribution in [0.1, 0.15) is 18.9 Å². The molecule has 0 aliphatic carbocycles. The molecular formula is C18H22BrN3O4S. The first-order chi connectivity index (χ1) is 12.8. The zero-order chi connectivity index (χ0) is 19.9. The summed E-state index contributed by atoms with van der Waals surface area (Å²) < 4.78 is 32.4. The number of hydrogen-bond donors (Lipinski definition) is 1. The fourth-order valence-electron chi connectivity index (χ4n) is 2.21. The van der Waals surface area contributed by atoms with Gasteiger partial charge in [0.05, 0.1) is 18.0 Å². The zero-order valence-electron chi connectivity index (χ0n) is 15.2. The number of halogens is 1. The van der Waals surface area contributed by atoms with Crippen LogP contribution in [0.5, 0.6) is 5.88 Å². The molecule has 1 aromatic heterocycles. The Bertz CT molecular complexity index is 872. The predicted molar refractivity (Wildman–Crippen MR) is 106 cm³/mol. The van der Waals surface area contributed by atoms with Gasteiger partial charge in [0.25, 0.3) is 0 Å². The first-order valence-electron chi connectivity index (χ1n) is 8.40. The minimum atomic E-state index is -3.74. The standard InChI is InChI=1S/C18H22BrN3O4S/c1-3-11-26-18-14(5-4-10-20-18)12-21-17(23)13-22(2)27(24,25)16-8-6-15(19)7-9-16/h4-10H,3,11-13H2,1-2H3,(H,21,23). The summed E-state index contributed by atoms with van der Waals surface area (Å²) >= 11 is 3.27. The summed E-state index contributed by atoms with van der Waals surface area (Å²) in [5.41, 5.74) is 0.734. The number of nitrogens with one attached hydrogen (secondary N) is 1. The van der Waals surface area contributed by atoms with Gasteiger partial charge in [-0.25, -0.2) is 13.4 Å². The number of carbonyl (C=O) groups excluding carboxylic acids is 1. The van der Waals surface area contributed by atoms with Gasteiger partial charge < -0.3 is 10.1 Å². The van der Waals surface area contributed by atoms with Gasteiger partial charge in [0, 0.05) is 29.8 Å². The first kappa shape index (κ1) is 21.3. The van der Waals surface area contributed by atoms with Crippen molar-refractivity contribution in [1.29, 1.82) is 0 Å². The number of aromatic nitrogens is 1. The van der Waals surface area contributed by atoms with Gasteiger partial charge in [0.15, 0.2) is 0 Å². The molecule has 1 aromatic carbocycles. The maximum absolute atomic E-state index is 12.5. The largest absolute Gasteiger partial charge is 0.477 e. The summed E-state index contributed by atoms with van der Waals surface area (Å²) in [5.74, 6) is 0.0546. The molecule has 9 heteroatoms. The Morgan fingerprint density at radius 2 is 1.96 bits per heavy atom. The molecule has 0 saturated carbocycles. The topological polar surface area (TPSA) is 88.6 Å². The van der Waals surface area contributed by atoms with E-state index in [-0.39, 0.29) is 18.0 Å². The van der Waals surface area contributed by atoms with E-state index >= 15 is 0 Å². The highest BCUT2D eigenvalue weighted by Gasteiger charge is 2.22. The number of pyridine rings is 1. The quantitative estimate of drug-likeness (QED) is 0.627. The van der Waals surface area contributed by atoms with Crippen molar-refractivity contribution in [2.24, 2.45) is 0 Å². The van der Waals surface area contributed by atoms with Gasteiger partial charge in [-0.2, -0.15) is 4.31 Å². The van der Waals surface area contributed by atoms with E-state index in [0.29, 0.717) is 12.5 Å². The normalized spacial score (nSPS) is 11.4. The average Bonchev–Trinajstić information content (AvgIpc) is 2.65. The first-order valence-corrected chi connectivity index (χ1v) is 10.6. The smallest absolute Gasteiger partial charge is 0.243 e. The Kier molecular flexibility index (Phi) is 7.76. The van der Waals surface area contributed by atoms with Gasteiger partial charge in [-0.15, -0.1) is 0 Å². The SMILES string of the molecule is CCCOc1ncccc1CNC(=O)CN(C)S(=O)(=O)c1ccc(Br)cc1. The number of likely N-dealkylation sites (N-methyl/N-ethyl adjacent to an activating group) is 1. The molecule has 0 atom stereocenters. The van der Waals surface area contributed by atoms with Crippen LogP contribution >= 0.6 is 15.9 Å². The molecule has 0 spiro atoms. The van der Waals surface area contributed by atoms with E-state index in [0.717, 1.165) is 20.8 Å². The van der Waals surface area contributed by atoms with Crippen LogP contribution in [-0.4, -0.2) is 43.8 Å². The Morgan fingerprint density at radius 1 is 1.26 bits per heavy atom. The highest BCUT2D eigenvalue weighted by Crippen LogP contribution is 2.18. The maximum atomic E-state index is 12.5. The van der Waals surface area contributed by atoms with Crippen molar-refractivity contribution in [3.63, 3.8) is 0 Å². The number of amides is 1. The molecule has 1 amide bonds. The van der Waals surface area contributed by atoms with Crippen LogP contribution in [0.15, 0.2) is 52.0 Å². The number of sulfonamides is 1. The maximum Gasteiger partial charge on any atom is 0.243 e. The molecule has 0 aliphatic heterocycles. The lowest BCUT2D eigenvalue weighted by Crippen LogP contribution is -2.38. The molecule has 7 nitrogen and oxygen atoms in total. The summed E-state index contributed by atoms with van der Waals surface area (Å²) in [6, 6.07) is 9.81. The van der Waals surface area contributed by atoms with Gasteiger partial charge in [-0.1, -0.05) is 28.9 Å². The molecule has 1 N–H and O–H groups in total. The molecule has 2 aromatic rings. The van der Waals surface area contributed by atoms with E-state index in [1.54, 1.807) is 30.5 Å². The predicted octanol–water partition coefficient (Wildman–Crippen LogP) is 2.57. The van der Waals surface area contributed by atoms with Crippen molar-refractivity contribution in [2.45, 2.75) is 24.8 Å². The molecule has 2 rings (SSSR count). The molecule has 1 heterocycles. The summed E-state index contributed by atoms with van der Waals surface area (Å²) in [7, 11) is -2.37. The zero-order valence-corrected chi connectivity index (χ0v) is 17.6. The number of carbonyl (C=O) groups is 1. The van der Waals surface area contributed by atoms with Crippen molar-refractivity contribution in [3.05, 3.63) is 52.6 Å². The van der Waals surface area contributed by atoms with Crippen LogP contribution in [-0.2, 0) is 21.4 Å². The molecule has 0 bridgehead atoms. The van der Waals surface area contributed by atoms with E-state index < -0.39 is 15.9 Å². The second kappa shape index (κ2) is 9.82. The molecule has 0 fully saturated rings. The Balaban J connectivity index is 1.96. The third-order valence-electron chi connectivity index (χ3n) is 3.66. The average molecular weight is 456 g/mol. The minimum Gasteiger partial charge on any atom is -0.477 e.